The van der Waals surface area contributed by atoms with Crippen molar-refractivity contribution in [2.24, 2.45) is 0 Å². The number of hydrogen-bond donors (Lipinski definition) is 0. The molecule has 3 aromatic rings. The third-order valence-corrected chi connectivity index (χ3v) is 5.66. The Labute approximate surface area is 146 Å². The van der Waals surface area contributed by atoms with Gasteiger partial charge in [-0.15, -0.1) is 11.3 Å². The van der Waals surface area contributed by atoms with Crippen molar-refractivity contribution in [2.45, 2.75) is 18.9 Å². The molecule has 0 unspecified atom stereocenters. The van der Waals surface area contributed by atoms with Crippen LogP contribution in [0, 0.1) is 0 Å². The molecule has 3 heteroatoms. The summed E-state index contributed by atoms with van der Waals surface area (Å²) in [6.07, 6.45) is 0.967. The number of nitrogens with zero attached hydrogens (tertiary/aromatic N) is 1. The fourth-order valence-electron chi connectivity index (χ4n) is 3.39. The minimum Gasteiger partial charge on any atom is -0.337 e. The van der Waals surface area contributed by atoms with Crippen LogP contribution in [0.1, 0.15) is 27.5 Å². The van der Waals surface area contributed by atoms with E-state index in [1.165, 1.54) is 10.4 Å². The van der Waals surface area contributed by atoms with Crippen LogP contribution < -0.4 is 0 Å². The number of carbonyl (C=O) groups is 1. The van der Waals surface area contributed by atoms with Gasteiger partial charge < -0.3 is 4.90 Å². The van der Waals surface area contributed by atoms with Gasteiger partial charge in [-0.1, -0.05) is 60.7 Å². The first kappa shape index (κ1) is 15.2. The molecule has 0 saturated heterocycles. The van der Waals surface area contributed by atoms with Gasteiger partial charge in [-0.2, -0.15) is 0 Å². The molecule has 2 heterocycles. The van der Waals surface area contributed by atoms with E-state index in [-0.39, 0.29) is 11.8 Å². The van der Waals surface area contributed by atoms with Crippen molar-refractivity contribution in [3.63, 3.8) is 0 Å². The molecule has 24 heavy (non-hydrogen) atoms. The van der Waals surface area contributed by atoms with Crippen LogP contribution in [-0.2, 0) is 17.8 Å². The molecule has 0 bridgehead atoms. The summed E-state index contributed by atoms with van der Waals surface area (Å²) >= 11 is 1.80. The molecule has 0 aliphatic carbocycles. The minimum absolute atomic E-state index is 0.198. The summed E-state index contributed by atoms with van der Waals surface area (Å²) < 4.78 is 0. The van der Waals surface area contributed by atoms with Crippen molar-refractivity contribution in [2.75, 3.05) is 6.54 Å². The molecule has 0 spiro atoms. The number of amides is 1. The predicted octanol–water partition coefficient (Wildman–Crippen LogP) is 4.46. The third-order valence-electron chi connectivity index (χ3n) is 4.63. The Bertz CT molecular complexity index is 786. The van der Waals surface area contributed by atoms with Gasteiger partial charge in [-0.3, -0.25) is 4.79 Å². The zero-order valence-electron chi connectivity index (χ0n) is 13.4. The summed E-state index contributed by atoms with van der Waals surface area (Å²) in [5, 5.41) is 2.13. The zero-order chi connectivity index (χ0) is 16.4. The number of benzene rings is 2. The predicted molar refractivity (Wildman–Crippen MR) is 98.2 cm³/mol. The molecule has 4 rings (SSSR count). The van der Waals surface area contributed by atoms with Gasteiger partial charge in [0.1, 0.15) is 0 Å². The molecule has 1 aliphatic rings. The summed E-state index contributed by atoms with van der Waals surface area (Å²) in [7, 11) is 0. The van der Waals surface area contributed by atoms with Gasteiger partial charge in [0.15, 0.2) is 0 Å². The highest BCUT2D eigenvalue weighted by Gasteiger charge is 2.29. The van der Waals surface area contributed by atoms with Gasteiger partial charge in [-0.25, -0.2) is 0 Å². The normalized spacial score (nSPS) is 13.8. The number of thiophene rings is 1. The van der Waals surface area contributed by atoms with E-state index in [1.54, 1.807) is 11.3 Å². The van der Waals surface area contributed by atoms with E-state index in [2.05, 4.69) is 35.7 Å². The molecule has 1 aliphatic heterocycles. The lowest BCUT2D eigenvalue weighted by Crippen LogP contribution is -2.38. The first-order chi connectivity index (χ1) is 11.8. The quantitative estimate of drug-likeness (QED) is 0.693. The molecule has 0 atom stereocenters. The molecule has 0 saturated carbocycles. The standard InChI is InChI=1S/C21H19NOS/c23-21(22-13-11-19-18(15-22)12-14-24-19)20(16-7-3-1-4-8-16)17-9-5-2-6-10-17/h1-10,12,14,20H,11,13,15H2. The molecule has 0 N–H and O–H groups in total. The van der Waals surface area contributed by atoms with E-state index in [9.17, 15) is 4.79 Å². The van der Waals surface area contributed by atoms with Gasteiger partial charge in [0, 0.05) is 18.0 Å². The first-order valence-electron chi connectivity index (χ1n) is 8.27. The Morgan fingerprint density at radius 3 is 2.17 bits per heavy atom. The van der Waals surface area contributed by atoms with Crippen LogP contribution in [0.3, 0.4) is 0 Å². The van der Waals surface area contributed by atoms with Crippen LogP contribution >= 0.6 is 11.3 Å². The number of fused-ring (bicyclic) bond motifs is 1. The molecular weight excluding hydrogens is 314 g/mol. The van der Waals surface area contributed by atoms with E-state index in [0.29, 0.717) is 0 Å². The summed E-state index contributed by atoms with van der Waals surface area (Å²) in [6, 6.07) is 22.4. The Balaban J connectivity index is 1.68. The highest BCUT2D eigenvalue weighted by atomic mass is 32.1. The molecular formula is C21H19NOS. The Hall–Kier alpha value is -2.39. The third kappa shape index (κ3) is 2.87. The second-order valence-corrected chi connectivity index (χ2v) is 7.13. The van der Waals surface area contributed by atoms with Crippen LogP contribution in [0.25, 0.3) is 0 Å². The van der Waals surface area contributed by atoms with Crippen molar-refractivity contribution >= 4 is 17.2 Å². The van der Waals surface area contributed by atoms with Crippen molar-refractivity contribution in [1.82, 2.24) is 4.90 Å². The molecule has 120 valence electrons. The van der Waals surface area contributed by atoms with E-state index in [0.717, 1.165) is 30.6 Å². The molecule has 0 radical (unpaired) electrons. The van der Waals surface area contributed by atoms with Gasteiger partial charge in [-0.05, 0) is 34.6 Å². The van der Waals surface area contributed by atoms with Crippen molar-refractivity contribution in [1.29, 1.82) is 0 Å². The maximum atomic E-state index is 13.4. The zero-order valence-corrected chi connectivity index (χ0v) is 14.2. The lowest BCUT2D eigenvalue weighted by Gasteiger charge is -2.31. The highest BCUT2D eigenvalue weighted by Crippen LogP contribution is 2.30. The molecule has 2 aromatic carbocycles. The lowest BCUT2D eigenvalue weighted by molar-refractivity contribution is -0.132. The van der Waals surface area contributed by atoms with Crippen molar-refractivity contribution in [3.8, 4) is 0 Å². The van der Waals surface area contributed by atoms with Crippen LogP contribution in [0.5, 0.6) is 0 Å². The summed E-state index contributed by atoms with van der Waals surface area (Å²) in [6.45, 7) is 1.54. The van der Waals surface area contributed by atoms with Gasteiger partial charge in [0.25, 0.3) is 0 Å². The maximum Gasteiger partial charge on any atom is 0.234 e. The second-order valence-electron chi connectivity index (χ2n) is 6.13. The van der Waals surface area contributed by atoms with Crippen molar-refractivity contribution in [3.05, 3.63) is 93.7 Å². The van der Waals surface area contributed by atoms with Gasteiger partial charge >= 0.3 is 0 Å². The Morgan fingerprint density at radius 1 is 0.917 bits per heavy atom. The van der Waals surface area contributed by atoms with Gasteiger partial charge in [0.05, 0.1) is 5.92 Å². The minimum atomic E-state index is -0.229. The molecule has 1 amide bonds. The molecule has 2 nitrogen and oxygen atoms in total. The second kappa shape index (κ2) is 6.62. The Kier molecular flexibility index (Phi) is 4.18. The smallest absolute Gasteiger partial charge is 0.234 e. The number of carbonyl (C=O) groups excluding carboxylic acids is 1. The largest absolute Gasteiger partial charge is 0.337 e. The van der Waals surface area contributed by atoms with E-state index < -0.39 is 0 Å². The van der Waals surface area contributed by atoms with Crippen LogP contribution in [0.15, 0.2) is 72.1 Å². The summed E-state index contributed by atoms with van der Waals surface area (Å²) in [5.41, 5.74) is 3.43. The average molecular weight is 333 g/mol. The summed E-state index contributed by atoms with van der Waals surface area (Å²) in [4.78, 5) is 16.8. The van der Waals surface area contributed by atoms with Crippen LogP contribution in [0.2, 0.25) is 0 Å². The average Bonchev–Trinajstić information content (AvgIpc) is 3.11. The van der Waals surface area contributed by atoms with Gasteiger partial charge in [0.2, 0.25) is 5.91 Å². The summed E-state index contributed by atoms with van der Waals surface area (Å²) in [5.74, 6) is -0.0307. The van der Waals surface area contributed by atoms with E-state index in [1.807, 2.05) is 41.3 Å². The molecule has 0 fully saturated rings. The fourth-order valence-corrected chi connectivity index (χ4v) is 4.28. The van der Waals surface area contributed by atoms with E-state index in [4.69, 9.17) is 0 Å². The fraction of sp³-hybridized carbons (Fsp3) is 0.190. The first-order valence-corrected chi connectivity index (χ1v) is 9.15. The topological polar surface area (TPSA) is 20.3 Å². The molecule has 1 aromatic heterocycles. The highest BCUT2D eigenvalue weighted by molar-refractivity contribution is 7.10. The van der Waals surface area contributed by atoms with E-state index >= 15 is 0 Å². The maximum absolute atomic E-state index is 13.4. The number of hydrogen-bond acceptors (Lipinski definition) is 2. The SMILES string of the molecule is O=C(C(c1ccccc1)c1ccccc1)N1CCc2sccc2C1. The van der Waals surface area contributed by atoms with Crippen LogP contribution in [0.4, 0.5) is 0 Å². The number of rotatable bonds is 3. The Morgan fingerprint density at radius 2 is 1.54 bits per heavy atom. The lowest BCUT2D eigenvalue weighted by atomic mass is 9.89. The van der Waals surface area contributed by atoms with Crippen molar-refractivity contribution < 1.29 is 4.79 Å². The van der Waals surface area contributed by atoms with Crippen LogP contribution in [-0.4, -0.2) is 17.4 Å². The monoisotopic (exact) mass is 333 g/mol.